The second-order valence-corrected chi connectivity index (χ2v) is 7.81. The van der Waals surface area contributed by atoms with Gasteiger partial charge in [0, 0.05) is 10.0 Å². The molecule has 8 heteroatoms. The minimum Gasteiger partial charge on any atom is -0.481 e. The molecular formula is C22H26BrN3O4. The summed E-state index contributed by atoms with van der Waals surface area (Å²) >= 11 is 3.34. The van der Waals surface area contributed by atoms with Gasteiger partial charge in [-0.3, -0.25) is 25.2 Å². The van der Waals surface area contributed by atoms with Gasteiger partial charge in [-0.05, 0) is 43.2 Å². The van der Waals surface area contributed by atoms with Crippen LogP contribution < -0.4 is 20.9 Å². The molecule has 0 heterocycles. The summed E-state index contributed by atoms with van der Waals surface area (Å²) in [6.07, 6.45) is -0.163. The van der Waals surface area contributed by atoms with Crippen molar-refractivity contribution in [2.24, 2.45) is 5.92 Å². The van der Waals surface area contributed by atoms with Crippen molar-refractivity contribution in [2.45, 2.75) is 39.3 Å². The molecule has 3 amide bonds. The molecule has 0 saturated heterocycles. The molecule has 2 aromatic carbocycles. The summed E-state index contributed by atoms with van der Waals surface area (Å²) in [6.45, 7) is 5.36. The van der Waals surface area contributed by atoms with Crippen LogP contribution in [0, 0.1) is 5.92 Å². The first kappa shape index (κ1) is 23.4. The number of carbonyl (C=O) groups is 3. The molecule has 0 spiro atoms. The molecule has 0 fully saturated rings. The SMILES string of the molecule is CC[C@H](C)[C@H](NC(=O)c1ccccc1)C(=O)NNC(=O)[C@@H](C)Oc1cccc(Br)c1. The molecule has 2 aromatic rings. The maximum Gasteiger partial charge on any atom is 0.279 e. The summed E-state index contributed by atoms with van der Waals surface area (Å²) in [6, 6.07) is 14.9. The average molecular weight is 476 g/mol. The monoisotopic (exact) mass is 475 g/mol. The number of carbonyl (C=O) groups excluding carboxylic acids is 3. The van der Waals surface area contributed by atoms with Crippen LogP contribution >= 0.6 is 15.9 Å². The Hall–Kier alpha value is -2.87. The van der Waals surface area contributed by atoms with Gasteiger partial charge in [0.25, 0.3) is 17.7 Å². The molecule has 0 aromatic heterocycles. The first-order valence-corrected chi connectivity index (χ1v) is 10.5. The van der Waals surface area contributed by atoms with E-state index in [2.05, 4.69) is 32.1 Å². The van der Waals surface area contributed by atoms with Gasteiger partial charge in [-0.1, -0.05) is 60.5 Å². The van der Waals surface area contributed by atoms with E-state index in [-0.39, 0.29) is 11.8 Å². The van der Waals surface area contributed by atoms with Gasteiger partial charge in [0.15, 0.2) is 6.10 Å². The van der Waals surface area contributed by atoms with Gasteiger partial charge in [0.1, 0.15) is 11.8 Å². The number of hydrogen-bond donors (Lipinski definition) is 3. The number of benzene rings is 2. The van der Waals surface area contributed by atoms with E-state index in [0.717, 1.165) is 4.47 Å². The number of ether oxygens (including phenoxy) is 1. The summed E-state index contributed by atoms with van der Waals surface area (Å²) < 4.78 is 6.40. The molecule has 7 nitrogen and oxygen atoms in total. The highest BCUT2D eigenvalue weighted by Crippen LogP contribution is 2.18. The van der Waals surface area contributed by atoms with Gasteiger partial charge < -0.3 is 10.1 Å². The Balaban J connectivity index is 1.94. The van der Waals surface area contributed by atoms with Gasteiger partial charge in [-0.2, -0.15) is 0 Å². The predicted molar refractivity (Wildman–Crippen MR) is 118 cm³/mol. The third kappa shape index (κ3) is 6.88. The van der Waals surface area contributed by atoms with E-state index >= 15 is 0 Å². The zero-order valence-corrected chi connectivity index (χ0v) is 18.7. The number of nitrogens with one attached hydrogen (secondary N) is 3. The molecule has 3 N–H and O–H groups in total. The number of hydrazine groups is 1. The van der Waals surface area contributed by atoms with E-state index < -0.39 is 24.0 Å². The summed E-state index contributed by atoms with van der Waals surface area (Å²) in [5.41, 5.74) is 5.21. The van der Waals surface area contributed by atoms with Crippen molar-refractivity contribution in [1.29, 1.82) is 0 Å². The van der Waals surface area contributed by atoms with Crippen LogP contribution in [0.5, 0.6) is 5.75 Å². The first-order chi connectivity index (χ1) is 14.3. The average Bonchev–Trinajstić information content (AvgIpc) is 2.75. The summed E-state index contributed by atoms with van der Waals surface area (Å²) in [5.74, 6) is -0.984. The molecule has 0 aliphatic heterocycles. The van der Waals surface area contributed by atoms with Crippen molar-refractivity contribution in [1.82, 2.24) is 16.2 Å². The van der Waals surface area contributed by atoms with Gasteiger partial charge in [0.05, 0.1) is 0 Å². The Morgan fingerprint density at radius 2 is 1.63 bits per heavy atom. The van der Waals surface area contributed by atoms with E-state index in [4.69, 9.17) is 4.74 Å². The lowest BCUT2D eigenvalue weighted by molar-refractivity contribution is -0.133. The van der Waals surface area contributed by atoms with Crippen LogP contribution in [0.15, 0.2) is 59.1 Å². The van der Waals surface area contributed by atoms with Crippen LogP contribution in [-0.4, -0.2) is 29.9 Å². The predicted octanol–water partition coefficient (Wildman–Crippen LogP) is 3.21. The van der Waals surface area contributed by atoms with Crippen molar-refractivity contribution < 1.29 is 19.1 Å². The van der Waals surface area contributed by atoms with Crippen LogP contribution in [0.1, 0.15) is 37.6 Å². The molecule has 0 unspecified atom stereocenters. The quantitative estimate of drug-likeness (QED) is 0.510. The third-order valence-electron chi connectivity index (χ3n) is 4.61. The highest BCUT2D eigenvalue weighted by atomic mass is 79.9. The van der Waals surface area contributed by atoms with E-state index in [1.807, 2.05) is 26.0 Å². The molecule has 160 valence electrons. The van der Waals surface area contributed by atoms with E-state index in [1.54, 1.807) is 49.4 Å². The number of halogens is 1. The number of amides is 3. The van der Waals surface area contributed by atoms with Crippen LogP contribution in [0.4, 0.5) is 0 Å². The highest BCUT2D eigenvalue weighted by Gasteiger charge is 2.27. The van der Waals surface area contributed by atoms with Crippen LogP contribution in [0.3, 0.4) is 0 Å². The molecule has 30 heavy (non-hydrogen) atoms. The molecule has 3 atom stereocenters. The minimum atomic E-state index is -0.833. The lowest BCUT2D eigenvalue weighted by atomic mass is 9.98. The molecular weight excluding hydrogens is 450 g/mol. The molecule has 0 aliphatic rings. The Morgan fingerprint density at radius 3 is 2.27 bits per heavy atom. The second kappa shape index (κ2) is 11.3. The Kier molecular flexibility index (Phi) is 8.86. The molecule has 2 rings (SSSR count). The van der Waals surface area contributed by atoms with Crippen molar-refractivity contribution in [2.75, 3.05) is 0 Å². The highest BCUT2D eigenvalue weighted by molar-refractivity contribution is 9.10. The van der Waals surface area contributed by atoms with Crippen molar-refractivity contribution >= 4 is 33.7 Å². The minimum absolute atomic E-state index is 0.134. The van der Waals surface area contributed by atoms with Gasteiger partial charge >= 0.3 is 0 Å². The zero-order chi connectivity index (χ0) is 22.1. The number of hydrogen-bond acceptors (Lipinski definition) is 4. The zero-order valence-electron chi connectivity index (χ0n) is 17.1. The normalized spacial score (nSPS) is 13.5. The summed E-state index contributed by atoms with van der Waals surface area (Å²) in [5, 5.41) is 2.74. The molecule has 0 aliphatic carbocycles. The lowest BCUT2D eigenvalue weighted by Crippen LogP contribution is -2.56. The maximum absolute atomic E-state index is 12.7. The Bertz CT molecular complexity index is 876. The Morgan fingerprint density at radius 1 is 0.967 bits per heavy atom. The van der Waals surface area contributed by atoms with E-state index in [9.17, 15) is 14.4 Å². The topological polar surface area (TPSA) is 96.5 Å². The van der Waals surface area contributed by atoms with Gasteiger partial charge in [0.2, 0.25) is 0 Å². The third-order valence-corrected chi connectivity index (χ3v) is 5.10. The fourth-order valence-corrected chi connectivity index (χ4v) is 2.99. The van der Waals surface area contributed by atoms with Crippen molar-refractivity contribution in [3.63, 3.8) is 0 Å². The fraction of sp³-hybridized carbons (Fsp3) is 0.318. The second-order valence-electron chi connectivity index (χ2n) is 6.90. The standard InChI is InChI=1S/C22H26BrN3O4/c1-4-14(2)19(24-21(28)16-9-6-5-7-10-16)22(29)26-25-20(27)15(3)30-18-12-8-11-17(23)13-18/h5-15,19H,4H2,1-3H3,(H,24,28)(H,25,27)(H,26,29)/t14-,15+,19-/m0/s1. The van der Waals surface area contributed by atoms with Gasteiger partial charge in [-0.15, -0.1) is 0 Å². The van der Waals surface area contributed by atoms with Gasteiger partial charge in [-0.25, -0.2) is 0 Å². The molecule has 0 radical (unpaired) electrons. The van der Waals surface area contributed by atoms with Crippen molar-refractivity contribution in [3.8, 4) is 5.75 Å². The molecule has 0 bridgehead atoms. The van der Waals surface area contributed by atoms with Crippen molar-refractivity contribution in [3.05, 3.63) is 64.6 Å². The van der Waals surface area contributed by atoms with Crippen LogP contribution in [0.25, 0.3) is 0 Å². The first-order valence-electron chi connectivity index (χ1n) is 9.69. The lowest BCUT2D eigenvalue weighted by Gasteiger charge is -2.24. The van der Waals surface area contributed by atoms with Crippen LogP contribution in [0.2, 0.25) is 0 Å². The fourth-order valence-electron chi connectivity index (χ4n) is 2.62. The summed E-state index contributed by atoms with van der Waals surface area (Å²) in [4.78, 5) is 37.4. The van der Waals surface area contributed by atoms with E-state index in [1.165, 1.54) is 0 Å². The largest absolute Gasteiger partial charge is 0.481 e. The maximum atomic E-state index is 12.7. The smallest absolute Gasteiger partial charge is 0.279 e. The Labute approximate surface area is 184 Å². The summed E-state index contributed by atoms with van der Waals surface area (Å²) in [7, 11) is 0. The van der Waals surface area contributed by atoms with Crippen LogP contribution in [-0.2, 0) is 9.59 Å². The van der Waals surface area contributed by atoms with E-state index in [0.29, 0.717) is 17.7 Å². The number of rotatable bonds is 8. The molecule has 0 saturated carbocycles.